The molecule has 0 aliphatic carbocycles. The normalized spacial score (nSPS) is 16.2. The number of amides is 1. The molecule has 1 saturated heterocycles. The molecular formula is C25H26N4O3S. The van der Waals surface area contributed by atoms with Crippen molar-refractivity contribution in [2.24, 2.45) is 5.92 Å². The number of nitrogens with one attached hydrogen (secondary N) is 1. The highest BCUT2D eigenvalue weighted by molar-refractivity contribution is 7.16. The summed E-state index contributed by atoms with van der Waals surface area (Å²) in [5, 5.41) is 14.9. The molecule has 2 aromatic carbocycles. The summed E-state index contributed by atoms with van der Waals surface area (Å²) in [6.45, 7) is 2.07. The van der Waals surface area contributed by atoms with Crippen molar-refractivity contribution in [3.05, 3.63) is 59.7 Å². The van der Waals surface area contributed by atoms with Crippen LogP contribution < -0.4 is 10.1 Å². The molecule has 0 saturated carbocycles. The fourth-order valence-corrected chi connectivity index (χ4v) is 5.18. The van der Waals surface area contributed by atoms with Gasteiger partial charge in [0.1, 0.15) is 5.75 Å². The number of fused-ring (bicyclic) bond motifs is 2. The number of thiazole rings is 1. The van der Waals surface area contributed by atoms with Crippen LogP contribution >= 0.6 is 11.3 Å². The Labute approximate surface area is 196 Å². The second-order valence-corrected chi connectivity index (χ2v) is 9.28. The number of hydrogen-bond donors (Lipinski definition) is 2. The molecule has 1 aliphatic rings. The first-order valence-corrected chi connectivity index (χ1v) is 12.0. The summed E-state index contributed by atoms with van der Waals surface area (Å²) in [6.07, 6.45) is 2.63. The van der Waals surface area contributed by atoms with Gasteiger partial charge in [0.15, 0.2) is 0 Å². The molecule has 5 rings (SSSR count). The molecule has 4 aromatic rings. The predicted molar refractivity (Wildman–Crippen MR) is 131 cm³/mol. The van der Waals surface area contributed by atoms with Gasteiger partial charge in [-0.2, -0.15) is 0 Å². The zero-order chi connectivity index (χ0) is 22.8. The third-order valence-corrected chi connectivity index (χ3v) is 7.12. The lowest BCUT2D eigenvalue weighted by Gasteiger charge is -2.32. The van der Waals surface area contributed by atoms with E-state index in [4.69, 9.17) is 4.74 Å². The van der Waals surface area contributed by atoms with Gasteiger partial charge in [-0.3, -0.25) is 9.78 Å². The van der Waals surface area contributed by atoms with Crippen LogP contribution in [0, 0.1) is 5.92 Å². The maximum atomic E-state index is 12.8. The van der Waals surface area contributed by atoms with Crippen LogP contribution in [0.5, 0.6) is 5.75 Å². The number of anilines is 1. The largest absolute Gasteiger partial charge is 0.497 e. The first-order valence-electron chi connectivity index (χ1n) is 11.1. The van der Waals surface area contributed by atoms with Gasteiger partial charge >= 0.3 is 0 Å². The van der Waals surface area contributed by atoms with Crippen molar-refractivity contribution in [3.8, 4) is 5.75 Å². The number of rotatable bonds is 6. The van der Waals surface area contributed by atoms with Crippen molar-refractivity contribution < 1.29 is 14.6 Å². The Kier molecular flexibility index (Phi) is 6.22. The minimum absolute atomic E-state index is 0.0263. The maximum absolute atomic E-state index is 12.8. The van der Waals surface area contributed by atoms with E-state index in [2.05, 4.69) is 20.2 Å². The van der Waals surface area contributed by atoms with E-state index in [1.165, 1.54) is 0 Å². The van der Waals surface area contributed by atoms with Gasteiger partial charge in [-0.05, 0) is 74.0 Å². The number of hydrogen-bond acceptors (Lipinski definition) is 7. The lowest BCUT2D eigenvalue weighted by atomic mass is 9.95. The van der Waals surface area contributed by atoms with E-state index in [9.17, 15) is 9.90 Å². The Balaban J connectivity index is 1.19. The Bertz CT molecular complexity index is 1280. The van der Waals surface area contributed by atoms with E-state index in [0.717, 1.165) is 64.1 Å². The summed E-state index contributed by atoms with van der Waals surface area (Å²) in [4.78, 5) is 23.7. The van der Waals surface area contributed by atoms with Crippen LogP contribution in [0.25, 0.3) is 21.1 Å². The Hall–Kier alpha value is -3.07. The summed E-state index contributed by atoms with van der Waals surface area (Å²) in [5.74, 6) is 0.776. The monoisotopic (exact) mass is 462 g/mol. The van der Waals surface area contributed by atoms with Gasteiger partial charge in [-0.25, -0.2) is 4.98 Å². The van der Waals surface area contributed by atoms with Crippen LogP contribution in [-0.2, 0) is 4.79 Å². The van der Waals surface area contributed by atoms with E-state index >= 15 is 0 Å². The lowest BCUT2D eigenvalue weighted by molar-refractivity contribution is -0.121. The van der Waals surface area contributed by atoms with Gasteiger partial charge in [0.25, 0.3) is 0 Å². The van der Waals surface area contributed by atoms with Crippen LogP contribution in [0.2, 0.25) is 0 Å². The molecule has 170 valence electrons. The number of aliphatic hydroxyl groups excluding tert-OH is 1. The molecule has 7 nitrogen and oxygen atoms in total. The summed E-state index contributed by atoms with van der Waals surface area (Å²) >= 11 is 1.57. The third kappa shape index (κ3) is 4.68. The van der Waals surface area contributed by atoms with Crippen LogP contribution in [0.15, 0.2) is 54.2 Å². The molecule has 2 N–H and O–H groups in total. The van der Waals surface area contributed by atoms with Crippen LogP contribution in [-0.4, -0.2) is 52.6 Å². The Morgan fingerprint density at radius 2 is 2.00 bits per heavy atom. The van der Waals surface area contributed by atoms with Gasteiger partial charge in [-0.1, -0.05) is 0 Å². The van der Waals surface area contributed by atoms with E-state index in [-0.39, 0.29) is 11.8 Å². The van der Waals surface area contributed by atoms with E-state index in [1.807, 2.05) is 48.0 Å². The number of likely N-dealkylation sites (tertiary alicyclic amines) is 1. The lowest BCUT2D eigenvalue weighted by Crippen LogP contribution is -2.40. The van der Waals surface area contributed by atoms with Crippen molar-refractivity contribution in [2.45, 2.75) is 18.9 Å². The van der Waals surface area contributed by atoms with E-state index in [1.54, 1.807) is 24.6 Å². The number of ether oxygens (including phenoxy) is 1. The fraction of sp³-hybridized carbons (Fsp3) is 0.320. The standard InChI is InChI=1S/C25H26N4O3S/c1-32-18-3-5-21-20(13-18)19(6-9-26-21)23(30)14-29-10-7-16(8-11-29)25(31)28-17-2-4-22-24(12-17)33-15-27-22/h2-6,9,12-13,15-16,23,30H,7-8,10-11,14H2,1H3,(H,28,31). The highest BCUT2D eigenvalue weighted by Crippen LogP contribution is 2.29. The Morgan fingerprint density at radius 3 is 2.82 bits per heavy atom. The second kappa shape index (κ2) is 9.43. The number of β-amino-alcohol motifs (C(OH)–C–C–N with tert-alkyl or cyclic N) is 1. The van der Waals surface area contributed by atoms with Gasteiger partial charge in [0.05, 0.1) is 34.5 Å². The molecule has 1 unspecified atom stereocenters. The predicted octanol–water partition coefficient (Wildman–Crippen LogP) is 4.24. The average Bonchev–Trinajstić information content (AvgIpc) is 3.31. The highest BCUT2D eigenvalue weighted by atomic mass is 32.1. The number of aliphatic hydroxyl groups is 1. The summed E-state index contributed by atoms with van der Waals surface area (Å²) in [7, 11) is 1.63. The zero-order valence-electron chi connectivity index (χ0n) is 18.4. The molecule has 0 radical (unpaired) electrons. The van der Waals surface area contributed by atoms with Crippen LogP contribution in [0.4, 0.5) is 5.69 Å². The molecule has 0 spiro atoms. The van der Waals surface area contributed by atoms with Crippen molar-refractivity contribution in [2.75, 3.05) is 32.1 Å². The minimum atomic E-state index is -0.640. The topological polar surface area (TPSA) is 87.6 Å². The third-order valence-electron chi connectivity index (χ3n) is 6.33. The number of piperidine rings is 1. The first-order chi connectivity index (χ1) is 16.1. The summed E-state index contributed by atoms with van der Waals surface area (Å²) in [6, 6.07) is 13.4. The van der Waals surface area contributed by atoms with Crippen molar-refractivity contribution in [1.29, 1.82) is 0 Å². The summed E-state index contributed by atoms with van der Waals surface area (Å²) in [5.41, 5.74) is 5.25. The van der Waals surface area contributed by atoms with Crippen molar-refractivity contribution in [1.82, 2.24) is 14.9 Å². The van der Waals surface area contributed by atoms with Crippen molar-refractivity contribution >= 4 is 44.1 Å². The SMILES string of the molecule is COc1ccc2nccc(C(O)CN3CCC(C(=O)Nc4ccc5ncsc5c4)CC3)c2c1. The number of methoxy groups -OCH3 is 1. The molecular weight excluding hydrogens is 436 g/mol. The molecule has 1 amide bonds. The molecule has 1 aliphatic heterocycles. The number of carbonyl (C=O) groups is 1. The van der Waals surface area contributed by atoms with E-state index in [0.29, 0.717) is 6.54 Å². The molecule has 33 heavy (non-hydrogen) atoms. The number of carbonyl (C=O) groups excluding carboxylic acids is 1. The molecule has 8 heteroatoms. The van der Waals surface area contributed by atoms with Gasteiger partial charge in [-0.15, -0.1) is 11.3 Å². The van der Waals surface area contributed by atoms with Gasteiger partial charge < -0.3 is 20.1 Å². The maximum Gasteiger partial charge on any atom is 0.227 e. The average molecular weight is 463 g/mol. The highest BCUT2D eigenvalue weighted by Gasteiger charge is 2.27. The first kappa shape index (κ1) is 21.8. The summed E-state index contributed by atoms with van der Waals surface area (Å²) < 4.78 is 6.41. The Morgan fingerprint density at radius 1 is 1.18 bits per heavy atom. The van der Waals surface area contributed by atoms with E-state index < -0.39 is 6.10 Å². The quantitative estimate of drug-likeness (QED) is 0.446. The van der Waals surface area contributed by atoms with Crippen LogP contribution in [0.3, 0.4) is 0 Å². The number of aromatic nitrogens is 2. The molecule has 0 bridgehead atoms. The smallest absolute Gasteiger partial charge is 0.227 e. The molecule has 3 heterocycles. The fourth-order valence-electron chi connectivity index (χ4n) is 4.46. The minimum Gasteiger partial charge on any atom is -0.497 e. The molecule has 1 fully saturated rings. The van der Waals surface area contributed by atoms with Crippen molar-refractivity contribution in [3.63, 3.8) is 0 Å². The molecule has 1 atom stereocenters. The second-order valence-electron chi connectivity index (χ2n) is 8.40. The zero-order valence-corrected chi connectivity index (χ0v) is 19.2. The number of nitrogens with zero attached hydrogens (tertiary/aromatic N) is 3. The number of pyridine rings is 1. The molecule has 2 aromatic heterocycles. The van der Waals surface area contributed by atoms with Crippen LogP contribution in [0.1, 0.15) is 24.5 Å². The number of benzene rings is 2. The van der Waals surface area contributed by atoms with Gasteiger partial charge in [0.2, 0.25) is 5.91 Å². The van der Waals surface area contributed by atoms with Gasteiger partial charge in [0, 0.05) is 29.7 Å².